The lowest BCUT2D eigenvalue weighted by Crippen LogP contribution is -2.33. The molecule has 0 heterocycles. The highest BCUT2D eigenvalue weighted by atomic mass is 79.9. The van der Waals surface area contributed by atoms with Crippen molar-refractivity contribution in [2.24, 2.45) is 0 Å². The fourth-order valence-corrected chi connectivity index (χ4v) is 2.24. The Labute approximate surface area is 129 Å². The lowest BCUT2D eigenvalue weighted by Gasteiger charge is -2.20. The van der Waals surface area contributed by atoms with Crippen molar-refractivity contribution in [2.75, 3.05) is 32.6 Å². The standard InChI is InChI=1S/C15H22BrNO3/c1-4-17(9-5-8-16)15(18)11-12-6-7-13(19-2)14(10-12)20-3/h6-7,10H,4-5,8-9,11H2,1-3H3. The second-order valence-corrected chi connectivity index (χ2v) is 5.18. The van der Waals surface area contributed by atoms with Crippen LogP contribution >= 0.6 is 15.9 Å². The third kappa shape index (κ3) is 4.71. The number of ether oxygens (including phenoxy) is 2. The summed E-state index contributed by atoms with van der Waals surface area (Å²) in [6.07, 6.45) is 1.35. The molecule has 0 aliphatic heterocycles. The number of amides is 1. The number of likely N-dealkylation sites (N-methyl/N-ethyl adjacent to an activating group) is 1. The van der Waals surface area contributed by atoms with Crippen LogP contribution in [0.1, 0.15) is 18.9 Å². The maximum absolute atomic E-state index is 12.2. The maximum atomic E-state index is 12.2. The van der Waals surface area contributed by atoms with E-state index in [0.717, 1.165) is 30.4 Å². The Balaban J connectivity index is 2.74. The monoisotopic (exact) mass is 343 g/mol. The van der Waals surface area contributed by atoms with Crippen molar-refractivity contribution in [3.05, 3.63) is 23.8 Å². The van der Waals surface area contributed by atoms with E-state index in [-0.39, 0.29) is 5.91 Å². The van der Waals surface area contributed by atoms with E-state index in [1.54, 1.807) is 14.2 Å². The first-order chi connectivity index (χ1) is 9.65. The largest absolute Gasteiger partial charge is 0.493 e. The number of rotatable bonds is 8. The average Bonchev–Trinajstić information content (AvgIpc) is 2.47. The second-order valence-electron chi connectivity index (χ2n) is 4.38. The highest BCUT2D eigenvalue weighted by Crippen LogP contribution is 2.27. The summed E-state index contributed by atoms with van der Waals surface area (Å²) in [7, 11) is 3.19. The summed E-state index contributed by atoms with van der Waals surface area (Å²) >= 11 is 3.39. The van der Waals surface area contributed by atoms with Gasteiger partial charge < -0.3 is 14.4 Å². The van der Waals surface area contributed by atoms with Gasteiger partial charge in [0, 0.05) is 18.4 Å². The SMILES string of the molecule is CCN(CCCBr)C(=O)Cc1ccc(OC)c(OC)c1. The molecule has 5 heteroatoms. The van der Waals surface area contributed by atoms with Crippen molar-refractivity contribution < 1.29 is 14.3 Å². The molecular formula is C15H22BrNO3. The fraction of sp³-hybridized carbons (Fsp3) is 0.533. The van der Waals surface area contributed by atoms with Gasteiger partial charge in [0.1, 0.15) is 0 Å². The highest BCUT2D eigenvalue weighted by molar-refractivity contribution is 9.09. The summed E-state index contributed by atoms with van der Waals surface area (Å²) in [5, 5.41) is 0.910. The molecule has 0 radical (unpaired) electrons. The van der Waals surface area contributed by atoms with Crippen molar-refractivity contribution in [1.82, 2.24) is 4.90 Å². The first-order valence-corrected chi connectivity index (χ1v) is 7.83. The van der Waals surface area contributed by atoms with Gasteiger partial charge >= 0.3 is 0 Å². The van der Waals surface area contributed by atoms with E-state index in [0.29, 0.717) is 17.9 Å². The number of methoxy groups -OCH3 is 2. The van der Waals surface area contributed by atoms with Gasteiger partial charge in [-0.3, -0.25) is 4.79 Å². The van der Waals surface area contributed by atoms with Crippen LogP contribution in [-0.4, -0.2) is 43.4 Å². The van der Waals surface area contributed by atoms with E-state index >= 15 is 0 Å². The van der Waals surface area contributed by atoms with Crippen LogP contribution in [-0.2, 0) is 11.2 Å². The van der Waals surface area contributed by atoms with Gasteiger partial charge in [-0.2, -0.15) is 0 Å². The van der Waals surface area contributed by atoms with E-state index in [9.17, 15) is 4.79 Å². The smallest absolute Gasteiger partial charge is 0.226 e. The molecule has 20 heavy (non-hydrogen) atoms. The Morgan fingerprint density at radius 2 is 1.95 bits per heavy atom. The Kier molecular flexibility index (Phi) is 7.44. The number of alkyl halides is 1. The summed E-state index contributed by atoms with van der Waals surface area (Å²) in [6, 6.07) is 5.59. The van der Waals surface area contributed by atoms with Crippen molar-refractivity contribution in [3.63, 3.8) is 0 Å². The minimum Gasteiger partial charge on any atom is -0.493 e. The molecule has 0 atom stereocenters. The van der Waals surface area contributed by atoms with E-state index in [1.807, 2.05) is 30.0 Å². The number of carbonyl (C=O) groups excluding carboxylic acids is 1. The number of benzene rings is 1. The van der Waals surface area contributed by atoms with E-state index in [4.69, 9.17) is 9.47 Å². The van der Waals surface area contributed by atoms with Crippen molar-refractivity contribution >= 4 is 21.8 Å². The molecule has 4 nitrogen and oxygen atoms in total. The molecule has 0 saturated heterocycles. The molecule has 0 bridgehead atoms. The molecule has 112 valence electrons. The molecule has 0 N–H and O–H groups in total. The molecule has 0 saturated carbocycles. The third-order valence-corrected chi connectivity index (χ3v) is 3.66. The van der Waals surface area contributed by atoms with Crippen LogP contribution in [0.4, 0.5) is 0 Å². The van der Waals surface area contributed by atoms with E-state index in [2.05, 4.69) is 15.9 Å². The Hall–Kier alpha value is -1.23. The van der Waals surface area contributed by atoms with Crippen LogP contribution < -0.4 is 9.47 Å². The van der Waals surface area contributed by atoms with Gasteiger partial charge in [-0.15, -0.1) is 0 Å². The number of hydrogen-bond donors (Lipinski definition) is 0. The Morgan fingerprint density at radius 3 is 2.50 bits per heavy atom. The zero-order valence-corrected chi connectivity index (χ0v) is 13.9. The highest BCUT2D eigenvalue weighted by Gasteiger charge is 2.13. The van der Waals surface area contributed by atoms with Crippen LogP contribution in [0.15, 0.2) is 18.2 Å². The molecule has 1 amide bonds. The van der Waals surface area contributed by atoms with Crippen molar-refractivity contribution in [3.8, 4) is 11.5 Å². The zero-order valence-electron chi connectivity index (χ0n) is 12.3. The summed E-state index contributed by atoms with van der Waals surface area (Å²) in [6.45, 7) is 3.52. The molecule has 0 spiro atoms. The number of carbonyl (C=O) groups is 1. The van der Waals surface area contributed by atoms with Crippen molar-refractivity contribution in [1.29, 1.82) is 0 Å². The minimum absolute atomic E-state index is 0.140. The Bertz CT molecular complexity index is 437. The fourth-order valence-electron chi connectivity index (χ4n) is 1.99. The zero-order chi connectivity index (χ0) is 15.0. The molecule has 0 fully saturated rings. The molecule has 0 unspecified atom stereocenters. The maximum Gasteiger partial charge on any atom is 0.226 e. The minimum atomic E-state index is 0.140. The lowest BCUT2D eigenvalue weighted by atomic mass is 10.1. The van der Waals surface area contributed by atoms with Gasteiger partial charge in [0.25, 0.3) is 0 Å². The van der Waals surface area contributed by atoms with Crippen LogP contribution in [0.3, 0.4) is 0 Å². The van der Waals surface area contributed by atoms with Crippen LogP contribution in [0.5, 0.6) is 11.5 Å². The topological polar surface area (TPSA) is 38.8 Å². The van der Waals surface area contributed by atoms with Gasteiger partial charge in [-0.25, -0.2) is 0 Å². The number of halogens is 1. The van der Waals surface area contributed by atoms with Gasteiger partial charge in [-0.1, -0.05) is 22.0 Å². The van der Waals surface area contributed by atoms with E-state index < -0.39 is 0 Å². The summed E-state index contributed by atoms with van der Waals surface area (Å²) in [4.78, 5) is 14.1. The first-order valence-electron chi connectivity index (χ1n) is 6.70. The predicted octanol–water partition coefficient (Wildman–Crippen LogP) is 2.88. The molecule has 0 aromatic heterocycles. The summed E-state index contributed by atoms with van der Waals surface area (Å²) in [5.74, 6) is 1.47. The van der Waals surface area contributed by atoms with Crippen LogP contribution in [0.2, 0.25) is 0 Å². The molecule has 1 aromatic rings. The van der Waals surface area contributed by atoms with Gasteiger partial charge in [-0.05, 0) is 31.0 Å². The summed E-state index contributed by atoms with van der Waals surface area (Å²) in [5.41, 5.74) is 0.935. The molecule has 1 aromatic carbocycles. The average molecular weight is 344 g/mol. The molecule has 0 aliphatic carbocycles. The van der Waals surface area contributed by atoms with Gasteiger partial charge in [0.2, 0.25) is 5.91 Å². The molecular weight excluding hydrogens is 322 g/mol. The first kappa shape index (κ1) is 16.8. The third-order valence-electron chi connectivity index (χ3n) is 3.10. The van der Waals surface area contributed by atoms with Gasteiger partial charge in [0.15, 0.2) is 11.5 Å². The Morgan fingerprint density at radius 1 is 1.25 bits per heavy atom. The lowest BCUT2D eigenvalue weighted by molar-refractivity contribution is -0.130. The molecule has 0 aliphatic rings. The quantitative estimate of drug-likeness (QED) is 0.681. The van der Waals surface area contributed by atoms with E-state index in [1.165, 1.54) is 0 Å². The number of nitrogens with zero attached hydrogens (tertiary/aromatic N) is 1. The second kappa shape index (κ2) is 8.84. The van der Waals surface area contributed by atoms with Crippen LogP contribution in [0, 0.1) is 0 Å². The van der Waals surface area contributed by atoms with Crippen molar-refractivity contribution in [2.45, 2.75) is 19.8 Å². The van der Waals surface area contributed by atoms with Crippen LogP contribution in [0.25, 0.3) is 0 Å². The summed E-state index contributed by atoms with van der Waals surface area (Å²) < 4.78 is 10.4. The predicted molar refractivity (Wildman–Crippen MR) is 83.9 cm³/mol. The van der Waals surface area contributed by atoms with Gasteiger partial charge in [0.05, 0.1) is 20.6 Å². The normalized spacial score (nSPS) is 10.2. The molecule has 1 rings (SSSR count). The number of hydrogen-bond acceptors (Lipinski definition) is 3.